The van der Waals surface area contributed by atoms with Gasteiger partial charge in [0.1, 0.15) is 0 Å². The largest absolute Gasteiger partial charge is 0.375 e. The van der Waals surface area contributed by atoms with Crippen LogP contribution in [0.4, 0.5) is 11.4 Å². The average Bonchev–Trinajstić information content (AvgIpc) is 2.40. The molecule has 1 fully saturated rings. The van der Waals surface area contributed by atoms with Crippen LogP contribution in [-0.4, -0.2) is 46.4 Å². The van der Waals surface area contributed by atoms with E-state index < -0.39 is 10.0 Å². The van der Waals surface area contributed by atoms with Gasteiger partial charge in [0, 0.05) is 13.1 Å². The fourth-order valence-corrected chi connectivity index (χ4v) is 2.62. The number of sulfonamides is 1. The molecule has 124 valence electrons. The Morgan fingerprint density at radius 3 is 2.64 bits per heavy atom. The van der Waals surface area contributed by atoms with E-state index in [1.54, 1.807) is 24.3 Å². The standard InChI is InChI=1S/C13H19N3O4S.ClH/c1-21(18,19)16-12-5-3-2-4-11(12)15-13(17)8-10-9-14-6-7-20-10;/h2-5,10,14,16H,6-9H2,1H3,(H,15,17);1H. The molecule has 9 heteroatoms. The highest BCUT2D eigenvalue weighted by Crippen LogP contribution is 2.22. The molecule has 1 aromatic carbocycles. The molecule has 1 amide bonds. The lowest BCUT2D eigenvalue weighted by atomic mass is 10.2. The van der Waals surface area contributed by atoms with Gasteiger partial charge in [-0.05, 0) is 12.1 Å². The molecule has 1 atom stereocenters. The average molecular weight is 350 g/mol. The van der Waals surface area contributed by atoms with Crippen molar-refractivity contribution in [3.05, 3.63) is 24.3 Å². The van der Waals surface area contributed by atoms with Gasteiger partial charge in [-0.15, -0.1) is 12.4 Å². The van der Waals surface area contributed by atoms with E-state index in [2.05, 4.69) is 15.4 Å². The first kappa shape index (κ1) is 18.7. The lowest BCUT2D eigenvalue weighted by molar-refractivity contribution is -0.119. The number of carbonyl (C=O) groups excluding carboxylic acids is 1. The lowest BCUT2D eigenvalue weighted by Crippen LogP contribution is -2.40. The number of ether oxygens (including phenoxy) is 1. The maximum absolute atomic E-state index is 12.0. The number of para-hydroxylation sites is 2. The number of halogens is 1. The van der Waals surface area contributed by atoms with E-state index in [0.717, 1.165) is 12.8 Å². The van der Waals surface area contributed by atoms with Crippen LogP contribution in [0.15, 0.2) is 24.3 Å². The third-order valence-corrected chi connectivity index (χ3v) is 3.50. The normalized spacial score (nSPS) is 18.1. The number of hydrogen-bond donors (Lipinski definition) is 3. The molecule has 0 spiro atoms. The van der Waals surface area contributed by atoms with Gasteiger partial charge in [0.25, 0.3) is 0 Å². The highest BCUT2D eigenvalue weighted by atomic mass is 35.5. The van der Waals surface area contributed by atoms with Crippen LogP contribution in [-0.2, 0) is 19.6 Å². The molecule has 1 aromatic rings. The molecule has 1 heterocycles. The summed E-state index contributed by atoms with van der Waals surface area (Å²) in [5, 5.41) is 5.86. The lowest BCUT2D eigenvalue weighted by Gasteiger charge is -2.23. The third kappa shape index (κ3) is 6.18. The molecule has 1 unspecified atom stereocenters. The highest BCUT2D eigenvalue weighted by molar-refractivity contribution is 7.92. The van der Waals surface area contributed by atoms with Crippen LogP contribution >= 0.6 is 12.4 Å². The predicted octanol–water partition coefficient (Wildman–Crippen LogP) is 0.797. The van der Waals surface area contributed by atoms with Crippen LogP contribution in [0.2, 0.25) is 0 Å². The van der Waals surface area contributed by atoms with Crippen LogP contribution in [0, 0.1) is 0 Å². The maximum atomic E-state index is 12.0. The zero-order chi connectivity index (χ0) is 15.3. The van der Waals surface area contributed by atoms with Crippen molar-refractivity contribution in [2.24, 2.45) is 0 Å². The van der Waals surface area contributed by atoms with Gasteiger partial charge < -0.3 is 15.4 Å². The molecule has 0 bridgehead atoms. The molecule has 0 radical (unpaired) electrons. The first-order valence-corrected chi connectivity index (χ1v) is 8.52. The summed E-state index contributed by atoms with van der Waals surface area (Å²) in [6, 6.07) is 6.65. The van der Waals surface area contributed by atoms with Gasteiger partial charge in [0.05, 0.1) is 36.8 Å². The number of amides is 1. The number of carbonyl (C=O) groups is 1. The van der Waals surface area contributed by atoms with Crippen molar-refractivity contribution < 1.29 is 17.9 Å². The van der Waals surface area contributed by atoms with Gasteiger partial charge in [0.15, 0.2) is 0 Å². The van der Waals surface area contributed by atoms with Crippen LogP contribution in [0.1, 0.15) is 6.42 Å². The highest BCUT2D eigenvalue weighted by Gasteiger charge is 2.18. The van der Waals surface area contributed by atoms with Gasteiger partial charge in [-0.3, -0.25) is 9.52 Å². The Hall–Kier alpha value is -1.35. The smallest absolute Gasteiger partial charge is 0.229 e. The summed E-state index contributed by atoms with van der Waals surface area (Å²) in [6.07, 6.45) is 1.13. The van der Waals surface area contributed by atoms with Gasteiger partial charge in [-0.25, -0.2) is 8.42 Å². The molecule has 3 N–H and O–H groups in total. The second kappa shape index (κ2) is 8.33. The van der Waals surface area contributed by atoms with Crippen molar-refractivity contribution in [1.82, 2.24) is 5.32 Å². The molecule has 0 aliphatic carbocycles. The number of morpholine rings is 1. The van der Waals surface area contributed by atoms with E-state index in [0.29, 0.717) is 24.5 Å². The van der Waals surface area contributed by atoms with Gasteiger partial charge in [-0.2, -0.15) is 0 Å². The van der Waals surface area contributed by atoms with Crippen LogP contribution in [0.3, 0.4) is 0 Å². The first-order valence-electron chi connectivity index (χ1n) is 6.63. The fraction of sp³-hybridized carbons (Fsp3) is 0.462. The Labute approximate surface area is 136 Å². The molecule has 1 aliphatic heterocycles. The van der Waals surface area contributed by atoms with E-state index >= 15 is 0 Å². The van der Waals surface area contributed by atoms with E-state index in [1.165, 1.54) is 0 Å². The Bertz CT molecular complexity index is 603. The fourth-order valence-electron chi connectivity index (χ4n) is 2.04. The SMILES string of the molecule is CS(=O)(=O)Nc1ccccc1NC(=O)CC1CNCCO1.Cl. The Balaban J connectivity index is 0.00000242. The summed E-state index contributed by atoms with van der Waals surface area (Å²) >= 11 is 0. The molecule has 0 saturated carbocycles. The molecular weight excluding hydrogens is 330 g/mol. The number of benzene rings is 1. The molecule has 0 aromatic heterocycles. The minimum atomic E-state index is -3.40. The van der Waals surface area contributed by atoms with Crippen molar-refractivity contribution >= 4 is 39.7 Å². The molecule has 22 heavy (non-hydrogen) atoms. The minimum absolute atomic E-state index is 0. The van der Waals surface area contributed by atoms with E-state index in [-0.39, 0.29) is 30.8 Å². The zero-order valence-electron chi connectivity index (χ0n) is 12.2. The van der Waals surface area contributed by atoms with E-state index in [1.807, 2.05) is 0 Å². The quantitative estimate of drug-likeness (QED) is 0.730. The Morgan fingerprint density at radius 2 is 2.05 bits per heavy atom. The van der Waals surface area contributed by atoms with Crippen LogP contribution < -0.4 is 15.4 Å². The summed E-state index contributed by atoms with van der Waals surface area (Å²) in [4.78, 5) is 12.0. The number of rotatable bonds is 5. The van der Waals surface area contributed by atoms with Crippen molar-refractivity contribution in [3.63, 3.8) is 0 Å². The number of nitrogens with one attached hydrogen (secondary N) is 3. The van der Waals surface area contributed by atoms with Gasteiger partial charge in [0.2, 0.25) is 15.9 Å². The third-order valence-electron chi connectivity index (χ3n) is 2.91. The summed E-state index contributed by atoms with van der Waals surface area (Å²) in [7, 11) is -3.40. The molecule has 7 nitrogen and oxygen atoms in total. The zero-order valence-corrected chi connectivity index (χ0v) is 13.8. The molecular formula is C13H20ClN3O4S. The first-order chi connectivity index (χ1) is 9.94. The second-order valence-electron chi connectivity index (χ2n) is 4.87. The van der Waals surface area contributed by atoms with E-state index in [4.69, 9.17) is 4.74 Å². The topological polar surface area (TPSA) is 96.5 Å². The Morgan fingerprint density at radius 1 is 1.36 bits per heavy atom. The van der Waals surface area contributed by atoms with Gasteiger partial charge in [-0.1, -0.05) is 12.1 Å². The van der Waals surface area contributed by atoms with Crippen molar-refractivity contribution in [3.8, 4) is 0 Å². The van der Waals surface area contributed by atoms with Crippen molar-refractivity contribution in [1.29, 1.82) is 0 Å². The van der Waals surface area contributed by atoms with Crippen LogP contribution in [0.25, 0.3) is 0 Å². The molecule has 2 rings (SSSR count). The molecule has 1 saturated heterocycles. The Kier molecular flexibility index (Phi) is 7.08. The maximum Gasteiger partial charge on any atom is 0.229 e. The number of hydrogen-bond acceptors (Lipinski definition) is 5. The van der Waals surface area contributed by atoms with Gasteiger partial charge >= 0.3 is 0 Å². The monoisotopic (exact) mass is 349 g/mol. The summed E-state index contributed by atoms with van der Waals surface area (Å²) < 4.78 is 30.4. The second-order valence-corrected chi connectivity index (χ2v) is 6.62. The minimum Gasteiger partial charge on any atom is -0.375 e. The molecule has 1 aliphatic rings. The summed E-state index contributed by atoms with van der Waals surface area (Å²) in [5.41, 5.74) is 0.771. The van der Waals surface area contributed by atoms with E-state index in [9.17, 15) is 13.2 Å². The van der Waals surface area contributed by atoms with Crippen LogP contribution in [0.5, 0.6) is 0 Å². The number of anilines is 2. The predicted molar refractivity (Wildman–Crippen MR) is 88.0 cm³/mol. The summed E-state index contributed by atoms with van der Waals surface area (Å²) in [6.45, 7) is 2.01. The summed E-state index contributed by atoms with van der Waals surface area (Å²) in [5.74, 6) is -0.216. The van der Waals surface area contributed by atoms with Crippen molar-refractivity contribution in [2.45, 2.75) is 12.5 Å². The van der Waals surface area contributed by atoms with Crippen molar-refractivity contribution in [2.75, 3.05) is 36.0 Å².